The van der Waals surface area contributed by atoms with E-state index in [1.165, 1.54) is 6.20 Å². The highest BCUT2D eigenvalue weighted by Gasteiger charge is 2.11. The van der Waals surface area contributed by atoms with E-state index < -0.39 is 5.91 Å². The van der Waals surface area contributed by atoms with Crippen molar-refractivity contribution in [1.29, 1.82) is 0 Å². The highest BCUT2D eigenvalue weighted by molar-refractivity contribution is 6.28. The van der Waals surface area contributed by atoms with Gasteiger partial charge in [0.05, 0.1) is 5.56 Å². The van der Waals surface area contributed by atoms with Crippen molar-refractivity contribution in [2.45, 2.75) is 6.54 Å². The zero-order chi connectivity index (χ0) is 15.4. The highest BCUT2D eigenvalue weighted by Crippen LogP contribution is 2.16. The Morgan fingerprint density at radius 2 is 2.00 bits per heavy atom. The van der Waals surface area contributed by atoms with Gasteiger partial charge in [0.2, 0.25) is 5.28 Å². The van der Waals surface area contributed by atoms with Crippen LogP contribution in [-0.4, -0.2) is 30.0 Å². The van der Waals surface area contributed by atoms with Crippen LogP contribution in [0.4, 0.5) is 11.5 Å². The first-order chi connectivity index (χ1) is 9.97. The fourth-order valence-corrected chi connectivity index (χ4v) is 1.91. The first-order valence-electron chi connectivity index (χ1n) is 6.30. The largest absolute Gasteiger partial charge is 0.378 e. The molecule has 0 fully saturated rings. The molecule has 1 aromatic heterocycles. The number of nitrogens with one attached hydrogen (secondary N) is 1. The fourth-order valence-electron chi connectivity index (χ4n) is 1.77. The maximum Gasteiger partial charge on any atom is 0.254 e. The summed E-state index contributed by atoms with van der Waals surface area (Å²) in [6.07, 6.45) is 1.31. The molecule has 0 saturated carbocycles. The lowest BCUT2D eigenvalue weighted by Gasteiger charge is -2.13. The molecule has 1 amide bonds. The molecule has 0 saturated heterocycles. The molecule has 2 aromatic rings. The molecule has 0 aliphatic heterocycles. The Labute approximate surface area is 128 Å². The van der Waals surface area contributed by atoms with Gasteiger partial charge >= 0.3 is 0 Å². The predicted molar refractivity (Wildman–Crippen MR) is 83.7 cm³/mol. The molecular formula is C14H16ClN5O. The van der Waals surface area contributed by atoms with Crippen molar-refractivity contribution in [2.75, 3.05) is 24.3 Å². The van der Waals surface area contributed by atoms with Gasteiger partial charge in [-0.3, -0.25) is 4.79 Å². The number of carbonyl (C=O) groups excluding carboxylic acids is 1. The Hall–Kier alpha value is -2.34. The van der Waals surface area contributed by atoms with Gasteiger partial charge in [-0.25, -0.2) is 4.98 Å². The van der Waals surface area contributed by atoms with E-state index in [1.54, 1.807) is 0 Å². The van der Waals surface area contributed by atoms with Crippen molar-refractivity contribution in [3.63, 3.8) is 0 Å². The molecule has 0 spiro atoms. The van der Waals surface area contributed by atoms with Crippen LogP contribution in [0.1, 0.15) is 15.9 Å². The molecule has 1 heterocycles. The van der Waals surface area contributed by atoms with Gasteiger partial charge in [-0.15, -0.1) is 0 Å². The highest BCUT2D eigenvalue weighted by atomic mass is 35.5. The van der Waals surface area contributed by atoms with Crippen LogP contribution in [0.2, 0.25) is 5.28 Å². The first kappa shape index (κ1) is 15.1. The Morgan fingerprint density at radius 3 is 2.57 bits per heavy atom. The molecule has 7 heteroatoms. The Morgan fingerprint density at radius 1 is 1.33 bits per heavy atom. The second kappa shape index (κ2) is 6.41. The van der Waals surface area contributed by atoms with E-state index in [0.29, 0.717) is 12.4 Å². The molecule has 0 aliphatic carbocycles. The molecular weight excluding hydrogens is 290 g/mol. The Kier molecular flexibility index (Phi) is 4.59. The van der Waals surface area contributed by atoms with Crippen LogP contribution in [0, 0.1) is 0 Å². The van der Waals surface area contributed by atoms with E-state index in [9.17, 15) is 4.79 Å². The fraction of sp³-hybridized carbons (Fsp3) is 0.214. The second-order valence-corrected chi connectivity index (χ2v) is 5.02. The van der Waals surface area contributed by atoms with Crippen molar-refractivity contribution < 1.29 is 4.79 Å². The van der Waals surface area contributed by atoms with Crippen molar-refractivity contribution in [1.82, 2.24) is 9.97 Å². The number of hydrogen-bond donors (Lipinski definition) is 2. The van der Waals surface area contributed by atoms with Crippen molar-refractivity contribution in [2.24, 2.45) is 5.73 Å². The average Bonchev–Trinajstić information content (AvgIpc) is 2.45. The molecule has 110 valence electrons. The maximum atomic E-state index is 11.3. The van der Waals surface area contributed by atoms with E-state index in [1.807, 2.05) is 43.3 Å². The summed E-state index contributed by atoms with van der Waals surface area (Å²) in [5, 5.41) is 3.11. The summed E-state index contributed by atoms with van der Waals surface area (Å²) in [4.78, 5) is 21.1. The van der Waals surface area contributed by atoms with Gasteiger partial charge in [0.15, 0.2) is 0 Å². The predicted octanol–water partition coefficient (Wildman–Crippen LogP) is 1.91. The normalized spacial score (nSPS) is 10.2. The minimum atomic E-state index is -0.600. The van der Waals surface area contributed by atoms with Crippen molar-refractivity contribution in [3.8, 4) is 0 Å². The van der Waals surface area contributed by atoms with Crippen LogP contribution in [0.15, 0.2) is 30.5 Å². The summed E-state index contributed by atoms with van der Waals surface area (Å²) in [6.45, 7) is 0.501. The van der Waals surface area contributed by atoms with E-state index in [0.717, 1.165) is 11.3 Å². The number of amides is 1. The van der Waals surface area contributed by atoms with Gasteiger partial charge in [-0.05, 0) is 29.3 Å². The molecule has 0 atom stereocenters. The Bertz CT molecular complexity index is 642. The van der Waals surface area contributed by atoms with Gasteiger partial charge in [0, 0.05) is 32.5 Å². The first-order valence-corrected chi connectivity index (χ1v) is 6.67. The lowest BCUT2D eigenvalue weighted by Crippen LogP contribution is -2.16. The van der Waals surface area contributed by atoms with Gasteiger partial charge in [-0.1, -0.05) is 12.1 Å². The average molecular weight is 306 g/mol. The number of aromatic nitrogens is 2. The zero-order valence-corrected chi connectivity index (χ0v) is 12.6. The molecule has 0 unspecified atom stereocenters. The SMILES string of the molecule is CN(C)c1ccc(CNc2nc(Cl)ncc2C(N)=O)cc1. The van der Waals surface area contributed by atoms with Gasteiger partial charge in [-0.2, -0.15) is 4.98 Å². The monoisotopic (exact) mass is 305 g/mol. The van der Waals surface area contributed by atoms with E-state index >= 15 is 0 Å². The zero-order valence-electron chi connectivity index (χ0n) is 11.8. The van der Waals surface area contributed by atoms with Crippen molar-refractivity contribution >= 4 is 29.0 Å². The quantitative estimate of drug-likeness (QED) is 0.824. The number of nitrogens with zero attached hydrogens (tertiary/aromatic N) is 3. The molecule has 21 heavy (non-hydrogen) atoms. The smallest absolute Gasteiger partial charge is 0.254 e. The molecule has 6 nitrogen and oxygen atoms in total. The third-order valence-corrected chi connectivity index (χ3v) is 3.12. The number of halogens is 1. The summed E-state index contributed by atoms with van der Waals surface area (Å²) < 4.78 is 0. The Balaban J connectivity index is 2.12. The second-order valence-electron chi connectivity index (χ2n) is 4.68. The van der Waals surface area contributed by atoms with Crippen LogP contribution >= 0.6 is 11.6 Å². The number of nitrogens with two attached hydrogens (primary N) is 1. The number of rotatable bonds is 5. The summed E-state index contributed by atoms with van der Waals surface area (Å²) in [5.41, 5.74) is 7.65. The standard InChI is InChI=1S/C14H16ClN5O/c1-20(2)10-5-3-9(4-6-10)7-17-13-11(12(16)21)8-18-14(15)19-13/h3-6,8H,7H2,1-2H3,(H2,16,21)(H,17,18,19). The number of anilines is 2. The van der Waals surface area contributed by atoms with Crippen LogP contribution in [0.5, 0.6) is 0 Å². The van der Waals surface area contributed by atoms with Crippen LogP contribution < -0.4 is 16.0 Å². The summed E-state index contributed by atoms with van der Waals surface area (Å²) in [6, 6.07) is 8.02. The third-order valence-electron chi connectivity index (χ3n) is 2.94. The molecule has 0 radical (unpaired) electrons. The summed E-state index contributed by atoms with van der Waals surface area (Å²) in [5.74, 6) is -0.267. The third kappa shape index (κ3) is 3.82. The minimum Gasteiger partial charge on any atom is -0.378 e. The number of benzene rings is 1. The van der Waals surface area contributed by atoms with Crippen molar-refractivity contribution in [3.05, 3.63) is 46.9 Å². The van der Waals surface area contributed by atoms with Crippen LogP contribution in [0.3, 0.4) is 0 Å². The lowest BCUT2D eigenvalue weighted by atomic mass is 10.2. The van der Waals surface area contributed by atoms with Crippen LogP contribution in [0.25, 0.3) is 0 Å². The van der Waals surface area contributed by atoms with E-state index in [-0.39, 0.29) is 10.8 Å². The maximum absolute atomic E-state index is 11.3. The number of carbonyl (C=O) groups is 1. The molecule has 0 aliphatic rings. The van der Waals surface area contributed by atoms with Gasteiger partial charge in [0.25, 0.3) is 5.91 Å². The summed E-state index contributed by atoms with van der Waals surface area (Å²) >= 11 is 5.74. The number of primary amides is 1. The minimum absolute atomic E-state index is 0.0606. The lowest BCUT2D eigenvalue weighted by molar-refractivity contribution is 0.100. The molecule has 2 rings (SSSR count). The molecule has 1 aromatic carbocycles. The molecule has 3 N–H and O–H groups in total. The number of hydrogen-bond acceptors (Lipinski definition) is 5. The van der Waals surface area contributed by atoms with E-state index in [2.05, 4.69) is 15.3 Å². The van der Waals surface area contributed by atoms with Gasteiger partial charge in [0.1, 0.15) is 5.82 Å². The van der Waals surface area contributed by atoms with Gasteiger partial charge < -0.3 is 16.0 Å². The van der Waals surface area contributed by atoms with E-state index in [4.69, 9.17) is 17.3 Å². The van der Waals surface area contributed by atoms with Crippen LogP contribution in [-0.2, 0) is 6.54 Å². The topological polar surface area (TPSA) is 84.1 Å². The molecule has 0 bridgehead atoms. The summed E-state index contributed by atoms with van der Waals surface area (Å²) in [7, 11) is 3.96.